The van der Waals surface area contributed by atoms with Crippen molar-refractivity contribution in [2.24, 2.45) is 5.73 Å². The number of rotatable bonds is 2. The highest BCUT2D eigenvalue weighted by Gasteiger charge is 2.34. The molecule has 0 aliphatic carbocycles. The number of nitrogens with two attached hydrogens (primary N) is 1. The van der Waals surface area contributed by atoms with E-state index in [2.05, 4.69) is 0 Å². The van der Waals surface area contributed by atoms with Crippen LogP contribution in [0.1, 0.15) is 0 Å². The first-order valence-electron chi connectivity index (χ1n) is 5.23. The molecule has 1 saturated heterocycles. The Balaban J connectivity index is 2.44. The van der Waals surface area contributed by atoms with Crippen molar-refractivity contribution < 1.29 is 21.9 Å². The predicted octanol–water partition coefficient (Wildman–Crippen LogP) is 0.270. The van der Waals surface area contributed by atoms with Gasteiger partial charge in [0.15, 0.2) is 0 Å². The molecule has 1 aliphatic rings. The van der Waals surface area contributed by atoms with E-state index < -0.39 is 32.7 Å². The standard InChI is InChI=1S/C10H12F2N2O3S/c11-7-1-2-8(12)9(5-7)18(15,16)14-3-4-17-6-10(14)13/h1-2,5,10H,3-4,6,13H2. The van der Waals surface area contributed by atoms with Crippen molar-refractivity contribution in [3.05, 3.63) is 29.8 Å². The van der Waals surface area contributed by atoms with Gasteiger partial charge in [0.05, 0.1) is 19.4 Å². The summed E-state index contributed by atoms with van der Waals surface area (Å²) in [5.74, 6) is -1.83. The second-order valence-corrected chi connectivity index (χ2v) is 5.69. The molecule has 5 nitrogen and oxygen atoms in total. The van der Waals surface area contributed by atoms with Crippen LogP contribution >= 0.6 is 0 Å². The molecule has 0 saturated carbocycles. The van der Waals surface area contributed by atoms with Crippen molar-refractivity contribution in [1.82, 2.24) is 4.31 Å². The first-order valence-corrected chi connectivity index (χ1v) is 6.67. The summed E-state index contributed by atoms with van der Waals surface area (Å²) in [4.78, 5) is -0.708. The maximum atomic E-state index is 13.5. The van der Waals surface area contributed by atoms with Crippen molar-refractivity contribution >= 4 is 10.0 Å². The Morgan fingerprint density at radius 2 is 2.11 bits per heavy atom. The van der Waals surface area contributed by atoms with Gasteiger partial charge in [0.1, 0.15) is 16.5 Å². The smallest absolute Gasteiger partial charge is 0.247 e. The number of benzene rings is 1. The lowest BCUT2D eigenvalue weighted by molar-refractivity contribution is 0.0349. The van der Waals surface area contributed by atoms with E-state index in [1.165, 1.54) is 0 Å². The van der Waals surface area contributed by atoms with E-state index in [9.17, 15) is 17.2 Å². The van der Waals surface area contributed by atoms with E-state index in [1.807, 2.05) is 0 Å². The second-order valence-electron chi connectivity index (χ2n) is 3.83. The van der Waals surface area contributed by atoms with E-state index in [0.29, 0.717) is 6.07 Å². The van der Waals surface area contributed by atoms with Crippen molar-refractivity contribution in [2.45, 2.75) is 11.1 Å². The highest BCUT2D eigenvalue weighted by molar-refractivity contribution is 7.89. The van der Waals surface area contributed by atoms with Gasteiger partial charge >= 0.3 is 0 Å². The van der Waals surface area contributed by atoms with Crippen molar-refractivity contribution in [3.8, 4) is 0 Å². The van der Waals surface area contributed by atoms with Crippen molar-refractivity contribution in [3.63, 3.8) is 0 Å². The topological polar surface area (TPSA) is 72.6 Å². The van der Waals surface area contributed by atoms with Gasteiger partial charge in [-0.3, -0.25) is 0 Å². The van der Waals surface area contributed by atoms with Gasteiger partial charge in [0.25, 0.3) is 0 Å². The van der Waals surface area contributed by atoms with Crippen LogP contribution < -0.4 is 5.73 Å². The van der Waals surface area contributed by atoms with Crippen LogP contribution in [0.2, 0.25) is 0 Å². The summed E-state index contributed by atoms with van der Waals surface area (Å²) < 4.78 is 56.8. The number of hydrogen-bond donors (Lipinski definition) is 1. The molecule has 0 spiro atoms. The van der Waals surface area contributed by atoms with Crippen LogP contribution in [0.15, 0.2) is 23.1 Å². The number of ether oxygens (including phenoxy) is 1. The van der Waals surface area contributed by atoms with E-state index in [0.717, 1.165) is 16.4 Å². The van der Waals surface area contributed by atoms with Gasteiger partial charge in [-0.15, -0.1) is 0 Å². The zero-order valence-electron chi connectivity index (χ0n) is 9.34. The predicted molar refractivity (Wildman–Crippen MR) is 59.0 cm³/mol. The first-order chi connectivity index (χ1) is 8.43. The molecular weight excluding hydrogens is 266 g/mol. The zero-order valence-corrected chi connectivity index (χ0v) is 10.2. The van der Waals surface area contributed by atoms with Crippen molar-refractivity contribution in [2.75, 3.05) is 19.8 Å². The molecule has 0 amide bonds. The minimum Gasteiger partial charge on any atom is -0.377 e. The van der Waals surface area contributed by atoms with Crippen LogP contribution in [0, 0.1) is 11.6 Å². The Bertz CT molecular complexity index is 550. The molecule has 2 N–H and O–H groups in total. The summed E-state index contributed by atoms with van der Waals surface area (Å²) in [5.41, 5.74) is 5.60. The van der Waals surface area contributed by atoms with Gasteiger partial charge < -0.3 is 10.5 Å². The number of halogens is 2. The lowest BCUT2D eigenvalue weighted by Crippen LogP contribution is -2.53. The van der Waals surface area contributed by atoms with E-state index in [4.69, 9.17) is 10.5 Å². The zero-order chi connectivity index (χ0) is 13.3. The van der Waals surface area contributed by atoms with E-state index in [1.54, 1.807) is 0 Å². The molecule has 1 atom stereocenters. The molecule has 2 rings (SSSR count). The summed E-state index contributed by atoms with van der Waals surface area (Å²) in [7, 11) is -4.15. The minimum atomic E-state index is -4.15. The number of morpholine rings is 1. The lowest BCUT2D eigenvalue weighted by Gasteiger charge is -2.31. The third-order valence-corrected chi connectivity index (χ3v) is 4.53. The largest absolute Gasteiger partial charge is 0.377 e. The molecule has 1 aromatic rings. The maximum Gasteiger partial charge on any atom is 0.247 e. The average molecular weight is 278 g/mol. The number of hydrogen-bond acceptors (Lipinski definition) is 4. The third kappa shape index (κ3) is 2.37. The highest BCUT2D eigenvalue weighted by atomic mass is 32.2. The normalized spacial score (nSPS) is 22.1. The molecule has 1 aliphatic heterocycles. The Morgan fingerprint density at radius 3 is 2.78 bits per heavy atom. The number of nitrogens with zero attached hydrogens (tertiary/aromatic N) is 1. The fourth-order valence-electron chi connectivity index (χ4n) is 1.71. The van der Waals surface area contributed by atoms with Gasteiger partial charge in [-0.05, 0) is 18.2 Å². The van der Waals surface area contributed by atoms with Crippen LogP contribution in [0.5, 0.6) is 0 Å². The monoisotopic (exact) mass is 278 g/mol. The van der Waals surface area contributed by atoms with Crippen molar-refractivity contribution in [1.29, 1.82) is 0 Å². The Morgan fingerprint density at radius 1 is 1.39 bits per heavy atom. The summed E-state index contributed by atoms with van der Waals surface area (Å²) in [6, 6.07) is 2.27. The molecule has 0 aromatic heterocycles. The molecule has 1 unspecified atom stereocenters. The van der Waals surface area contributed by atoms with Gasteiger partial charge in [-0.25, -0.2) is 17.2 Å². The first kappa shape index (κ1) is 13.3. The third-order valence-electron chi connectivity index (χ3n) is 2.59. The molecule has 0 bridgehead atoms. The van der Waals surface area contributed by atoms with Crippen LogP contribution in [0.4, 0.5) is 8.78 Å². The fourth-order valence-corrected chi connectivity index (χ4v) is 3.27. The molecular formula is C10H12F2N2O3S. The summed E-state index contributed by atoms with van der Waals surface area (Å²) >= 11 is 0. The van der Waals surface area contributed by atoms with Gasteiger partial charge in [-0.2, -0.15) is 4.31 Å². The van der Waals surface area contributed by atoms with E-state index in [-0.39, 0.29) is 19.8 Å². The molecule has 1 fully saturated rings. The lowest BCUT2D eigenvalue weighted by atomic mass is 10.3. The van der Waals surface area contributed by atoms with Gasteiger partial charge in [0, 0.05) is 6.54 Å². The molecule has 1 heterocycles. The van der Waals surface area contributed by atoms with Gasteiger partial charge in [0.2, 0.25) is 10.0 Å². The quantitative estimate of drug-likeness (QED) is 0.843. The molecule has 100 valence electrons. The average Bonchev–Trinajstić information content (AvgIpc) is 2.32. The molecule has 8 heteroatoms. The Kier molecular flexibility index (Phi) is 3.62. The van der Waals surface area contributed by atoms with Crippen LogP contribution in [-0.4, -0.2) is 38.6 Å². The SMILES string of the molecule is NC1COCCN1S(=O)(=O)c1cc(F)ccc1F. The Hall–Kier alpha value is -1.09. The summed E-state index contributed by atoms with van der Waals surface area (Å²) in [6.45, 7) is 0.208. The minimum absolute atomic E-state index is 0.0133. The Labute approximate surface area is 103 Å². The van der Waals surface area contributed by atoms with Crippen LogP contribution in [0.25, 0.3) is 0 Å². The number of sulfonamides is 1. The van der Waals surface area contributed by atoms with Gasteiger partial charge in [-0.1, -0.05) is 0 Å². The molecule has 1 aromatic carbocycles. The highest BCUT2D eigenvalue weighted by Crippen LogP contribution is 2.22. The summed E-state index contributed by atoms with van der Waals surface area (Å²) in [6.07, 6.45) is -0.897. The summed E-state index contributed by atoms with van der Waals surface area (Å²) in [5, 5.41) is 0. The fraction of sp³-hybridized carbons (Fsp3) is 0.400. The van der Waals surface area contributed by atoms with Crippen LogP contribution in [0.3, 0.4) is 0 Å². The molecule has 18 heavy (non-hydrogen) atoms. The second kappa shape index (κ2) is 4.88. The maximum absolute atomic E-state index is 13.5. The van der Waals surface area contributed by atoms with E-state index >= 15 is 0 Å². The molecule has 0 radical (unpaired) electrons. The van der Waals surface area contributed by atoms with Crippen LogP contribution in [-0.2, 0) is 14.8 Å².